The van der Waals surface area contributed by atoms with Crippen LogP contribution in [0.25, 0.3) is 0 Å². The maximum atomic E-state index is 13.1. The van der Waals surface area contributed by atoms with E-state index in [4.69, 9.17) is 0 Å². The molecule has 0 aliphatic heterocycles. The largest absolute Gasteiger partial charge is 0.354 e. The lowest BCUT2D eigenvalue weighted by Crippen LogP contribution is -2.32. The third kappa shape index (κ3) is 1.12. The first-order chi connectivity index (χ1) is 5.60. The smallest absolute Gasteiger partial charge is 0.229 e. The molecule has 2 unspecified atom stereocenters. The Kier molecular flexibility index (Phi) is 2.52. The Morgan fingerprint density at radius 1 is 0.923 bits per heavy atom. The molecule has 0 radical (unpaired) electrons. The van der Waals surface area contributed by atoms with E-state index in [9.17, 15) is 22.0 Å². The lowest BCUT2D eigenvalue weighted by atomic mass is 10.2. The van der Waals surface area contributed by atoms with E-state index < -0.39 is 27.2 Å². The van der Waals surface area contributed by atoms with E-state index in [2.05, 4.69) is 31.9 Å². The Hall–Kier alpha value is 0.610. The molecule has 1 fully saturated rings. The second-order valence-electron chi connectivity index (χ2n) is 2.94. The van der Waals surface area contributed by atoms with Crippen LogP contribution in [0, 0.1) is 0 Å². The lowest BCUT2D eigenvalue weighted by Gasteiger charge is -2.15. The SMILES string of the molecule is CC(Br)C(Br)C1(F)C(F)(F)C1(F)F. The fraction of sp³-hybridized carbons (Fsp3) is 1.00. The average molecular weight is 332 g/mol. The van der Waals surface area contributed by atoms with Gasteiger partial charge in [0.15, 0.2) is 0 Å². The zero-order valence-corrected chi connectivity index (χ0v) is 9.47. The molecular weight excluding hydrogens is 327 g/mol. The summed E-state index contributed by atoms with van der Waals surface area (Å²) < 4.78 is 62.7. The lowest BCUT2D eigenvalue weighted by molar-refractivity contribution is -0.0278. The van der Waals surface area contributed by atoms with Gasteiger partial charge < -0.3 is 0 Å². The maximum absolute atomic E-state index is 13.1. The zero-order valence-electron chi connectivity index (χ0n) is 6.30. The topological polar surface area (TPSA) is 0 Å². The summed E-state index contributed by atoms with van der Waals surface area (Å²) in [6.45, 7) is 1.31. The van der Waals surface area contributed by atoms with Gasteiger partial charge in [0.2, 0.25) is 0 Å². The van der Waals surface area contributed by atoms with E-state index in [1.165, 1.54) is 6.92 Å². The van der Waals surface area contributed by atoms with E-state index in [1.54, 1.807) is 0 Å². The molecule has 0 aromatic heterocycles. The minimum absolute atomic E-state index is 0.809. The van der Waals surface area contributed by atoms with Gasteiger partial charge in [-0.2, -0.15) is 17.6 Å². The molecule has 1 aliphatic carbocycles. The van der Waals surface area contributed by atoms with Gasteiger partial charge in [-0.15, -0.1) is 0 Å². The highest BCUT2D eigenvalue weighted by atomic mass is 79.9. The monoisotopic (exact) mass is 330 g/mol. The molecule has 0 spiro atoms. The van der Waals surface area contributed by atoms with Gasteiger partial charge in [-0.25, -0.2) is 4.39 Å². The molecule has 0 bridgehead atoms. The average Bonchev–Trinajstić information content (AvgIpc) is 2.28. The highest BCUT2D eigenvalue weighted by Crippen LogP contribution is 2.71. The summed E-state index contributed by atoms with van der Waals surface area (Å²) >= 11 is 5.26. The molecule has 7 heteroatoms. The molecule has 1 aliphatic rings. The van der Waals surface area contributed by atoms with E-state index in [-0.39, 0.29) is 0 Å². The van der Waals surface area contributed by atoms with Gasteiger partial charge in [-0.3, -0.25) is 0 Å². The normalized spacial score (nSPS) is 32.3. The van der Waals surface area contributed by atoms with Gasteiger partial charge in [-0.05, 0) is 0 Å². The Morgan fingerprint density at radius 3 is 1.31 bits per heavy atom. The third-order valence-electron chi connectivity index (χ3n) is 2.03. The van der Waals surface area contributed by atoms with Crippen LogP contribution >= 0.6 is 31.9 Å². The standard InChI is InChI=1S/C6H5Br2F5/c1-2(7)3(8)4(9)5(10,11)6(4,12)13/h2-3H,1H3. The fourth-order valence-electron chi connectivity index (χ4n) is 1.07. The Balaban J connectivity index is 2.95. The van der Waals surface area contributed by atoms with Crippen LogP contribution in [0.2, 0.25) is 0 Å². The van der Waals surface area contributed by atoms with Crippen molar-refractivity contribution in [1.29, 1.82) is 0 Å². The second-order valence-corrected chi connectivity index (χ2v) is 5.37. The number of rotatable bonds is 2. The van der Waals surface area contributed by atoms with Crippen molar-refractivity contribution in [2.75, 3.05) is 0 Å². The summed E-state index contributed by atoms with van der Waals surface area (Å²) in [5.74, 6) is -9.15. The minimum Gasteiger partial charge on any atom is -0.229 e. The van der Waals surface area contributed by atoms with Gasteiger partial charge in [0.1, 0.15) is 0 Å². The third-order valence-corrected chi connectivity index (χ3v) is 4.69. The molecule has 0 aromatic rings. The second kappa shape index (κ2) is 2.81. The molecule has 0 aromatic carbocycles. The summed E-state index contributed by atoms with van der Waals surface area (Å²) in [6, 6.07) is 0. The van der Waals surface area contributed by atoms with Crippen LogP contribution in [0.1, 0.15) is 6.92 Å². The van der Waals surface area contributed by atoms with Crippen molar-refractivity contribution in [3.05, 3.63) is 0 Å². The predicted molar refractivity (Wildman–Crippen MR) is 44.8 cm³/mol. The van der Waals surface area contributed by atoms with E-state index in [0.29, 0.717) is 0 Å². The Bertz CT molecular complexity index is 213. The van der Waals surface area contributed by atoms with E-state index >= 15 is 0 Å². The van der Waals surface area contributed by atoms with E-state index in [0.717, 1.165) is 0 Å². The number of hydrogen-bond acceptors (Lipinski definition) is 0. The Morgan fingerprint density at radius 2 is 1.23 bits per heavy atom. The van der Waals surface area contributed by atoms with E-state index in [1.807, 2.05) is 0 Å². The van der Waals surface area contributed by atoms with Gasteiger partial charge in [-0.1, -0.05) is 38.8 Å². The van der Waals surface area contributed by atoms with Gasteiger partial charge in [0.25, 0.3) is 5.67 Å². The highest BCUT2D eigenvalue weighted by Gasteiger charge is 3.00. The van der Waals surface area contributed by atoms with Gasteiger partial charge in [0, 0.05) is 4.83 Å². The minimum atomic E-state index is -4.57. The molecule has 0 heterocycles. The molecule has 13 heavy (non-hydrogen) atoms. The molecule has 0 saturated heterocycles. The summed E-state index contributed by atoms with van der Waals surface area (Å²) in [5.41, 5.74) is -3.77. The van der Waals surface area contributed by atoms with Crippen molar-refractivity contribution >= 4 is 31.9 Å². The zero-order chi connectivity index (χ0) is 10.7. The molecule has 78 valence electrons. The van der Waals surface area contributed by atoms with Crippen LogP contribution in [0.4, 0.5) is 22.0 Å². The summed E-state index contributed by atoms with van der Waals surface area (Å²) in [5, 5.41) is 0. The highest BCUT2D eigenvalue weighted by molar-refractivity contribution is 9.12. The summed E-state index contributed by atoms with van der Waals surface area (Å²) in [4.78, 5) is -2.43. The van der Waals surface area contributed by atoms with Crippen molar-refractivity contribution in [3.63, 3.8) is 0 Å². The summed E-state index contributed by atoms with van der Waals surface area (Å²) in [7, 11) is 0. The van der Waals surface area contributed by atoms with Crippen molar-refractivity contribution in [1.82, 2.24) is 0 Å². The maximum Gasteiger partial charge on any atom is 0.354 e. The van der Waals surface area contributed by atoms with Crippen LogP contribution in [0.3, 0.4) is 0 Å². The quantitative estimate of drug-likeness (QED) is 0.536. The molecule has 0 amide bonds. The Labute approximate surface area is 88.1 Å². The van der Waals surface area contributed by atoms with Gasteiger partial charge in [0.05, 0.1) is 4.83 Å². The van der Waals surface area contributed by atoms with Crippen LogP contribution in [-0.2, 0) is 0 Å². The first-order valence-corrected chi connectivity index (χ1v) is 5.16. The molecule has 1 rings (SSSR count). The van der Waals surface area contributed by atoms with Crippen molar-refractivity contribution < 1.29 is 22.0 Å². The number of hydrogen-bond donors (Lipinski definition) is 0. The van der Waals surface area contributed by atoms with Crippen LogP contribution < -0.4 is 0 Å². The predicted octanol–water partition coefficient (Wildman–Crippen LogP) is 3.53. The summed E-state index contributed by atoms with van der Waals surface area (Å²) in [6.07, 6.45) is 0. The van der Waals surface area contributed by atoms with Crippen molar-refractivity contribution in [2.24, 2.45) is 0 Å². The van der Waals surface area contributed by atoms with Crippen LogP contribution in [0.15, 0.2) is 0 Å². The molecular formula is C6H5Br2F5. The van der Waals surface area contributed by atoms with Gasteiger partial charge >= 0.3 is 11.8 Å². The van der Waals surface area contributed by atoms with Crippen LogP contribution in [-0.4, -0.2) is 27.2 Å². The molecule has 0 N–H and O–H groups in total. The first kappa shape index (κ1) is 11.7. The molecule has 1 saturated carbocycles. The van der Waals surface area contributed by atoms with Crippen molar-refractivity contribution in [2.45, 2.75) is 34.1 Å². The van der Waals surface area contributed by atoms with Crippen molar-refractivity contribution in [3.8, 4) is 0 Å². The fourth-order valence-corrected chi connectivity index (χ4v) is 2.01. The number of alkyl halides is 7. The first-order valence-electron chi connectivity index (χ1n) is 3.33. The van der Waals surface area contributed by atoms with Crippen LogP contribution in [0.5, 0.6) is 0 Å². The molecule has 0 nitrogen and oxygen atoms in total. The molecule has 2 atom stereocenters. The number of halogens is 7.